The van der Waals surface area contributed by atoms with Crippen molar-refractivity contribution < 1.29 is 4.79 Å². The number of hydrazone groups is 1. The van der Waals surface area contributed by atoms with Crippen LogP contribution in [0.2, 0.25) is 10.0 Å². The molecule has 0 bridgehead atoms. The smallest absolute Gasteiger partial charge is 0.234 e. The van der Waals surface area contributed by atoms with Crippen molar-refractivity contribution in [2.75, 3.05) is 16.1 Å². The molecule has 5 N–H and O–H groups in total. The number of rotatable bonds is 4. The summed E-state index contributed by atoms with van der Waals surface area (Å²) in [4.78, 5) is 12.1. The minimum atomic E-state index is -0.261. The average Bonchev–Trinajstić information content (AvgIpc) is 2.57. The lowest BCUT2D eigenvalue weighted by atomic mass is 10.2. The van der Waals surface area contributed by atoms with Gasteiger partial charge in [0.05, 0.1) is 27.2 Å². The molecule has 2 aromatic rings. The van der Waals surface area contributed by atoms with Gasteiger partial charge in [0, 0.05) is 0 Å². The molecule has 9 heteroatoms. The van der Waals surface area contributed by atoms with E-state index in [9.17, 15) is 4.79 Å². The van der Waals surface area contributed by atoms with Gasteiger partial charge in [-0.15, -0.1) is 0 Å². The fourth-order valence-corrected chi connectivity index (χ4v) is 3.20. The topological polar surface area (TPSA) is 96.7 Å². The Kier molecular flexibility index (Phi) is 6.95. The van der Waals surface area contributed by atoms with Crippen molar-refractivity contribution in [2.45, 2.75) is 6.92 Å². The number of amidine groups is 1. The van der Waals surface area contributed by atoms with Gasteiger partial charge in [0.25, 0.3) is 0 Å². The third-order valence-corrected chi connectivity index (χ3v) is 4.83. The molecule has 0 saturated heterocycles. The van der Waals surface area contributed by atoms with Crippen molar-refractivity contribution in [3.05, 3.63) is 58.1 Å². The van der Waals surface area contributed by atoms with Gasteiger partial charge >= 0.3 is 0 Å². The van der Waals surface area contributed by atoms with Crippen molar-refractivity contribution in [1.29, 1.82) is 0 Å². The Morgan fingerprint density at radius 1 is 1.20 bits per heavy atom. The number of aryl methyl sites for hydroxylation is 1. The molecule has 0 spiro atoms. The third-order valence-electron chi connectivity index (χ3n) is 3.23. The summed E-state index contributed by atoms with van der Waals surface area (Å²) in [5.74, 6) is 11.3. The lowest BCUT2D eigenvalue weighted by Crippen LogP contribution is -2.38. The molecule has 0 fully saturated rings. The van der Waals surface area contributed by atoms with E-state index in [1.807, 2.05) is 19.1 Å². The molecule has 1 amide bonds. The fourth-order valence-electron chi connectivity index (χ4n) is 2.07. The minimum Gasteiger partial charge on any atom is -0.324 e. The van der Waals surface area contributed by atoms with Crippen LogP contribution in [-0.4, -0.2) is 16.8 Å². The molecule has 0 aromatic heterocycles. The highest BCUT2D eigenvalue weighted by Gasteiger charge is 2.17. The normalized spacial score (nSPS) is 11.3. The summed E-state index contributed by atoms with van der Waals surface area (Å²) in [6, 6.07) is 12.4. The number of benzene rings is 2. The quantitative estimate of drug-likeness (QED) is 0.317. The maximum absolute atomic E-state index is 12.1. The number of anilines is 2. The summed E-state index contributed by atoms with van der Waals surface area (Å²) in [6.07, 6.45) is 0. The maximum Gasteiger partial charge on any atom is 0.234 e. The molecule has 0 radical (unpaired) electrons. The van der Waals surface area contributed by atoms with Crippen molar-refractivity contribution in [3.63, 3.8) is 0 Å². The molecular formula is C16H17Cl2N5OS. The number of nitrogens with two attached hydrogens (primary N) is 2. The Labute approximate surface area is 160 Å². The summed E-state index contributed by atoms with van der Waals surface area (Å²) in [6.45, 7) is 1.87. The molecule has 132 valence electrons. The van der Waals surface area contributed by atoms with E-state index in [1.165, 1.54) is 5.01 Å². The Balaban J connectivity index is 2.03. The number of thioether (sulfide) groups is 1. The van der Waals surface area contributed by atoms with Gasteiger partial charge in [-0.3, -0.25) is 9.80 Å². The van der Waals surface area contributed by atoms with Crippen LogP contribution in [0, 0.1) is 6.92 Å². The van der Waals surface area contributed by atoms with Crippen molar-refractivity contribution >= 4 is 57.4 Å². The number of amides is 1. The molecule has 2 aromatic carbocycles. The molecule has 0 aliphatic carbocycles. The first kappa shape index (κ1) is 19.4. The number of carbonyl (C=O) groups excluding carboxylic acids is 1. The summed E-state index contributed by atoms with van der Waals surface area (Å²) < 4.78 is 0. The van der Waals surface area contributed by atoms with E-state index in [1.54, 1.807) is 30.3 Å². The first-order valence-electron chi connectivity index (χ1n) is 7.19. The summed E-state index contributed by atoms with van der Waals surface area (Å²) in [7, 11) is 0. The Morgan fingerprint density at radius 3 is 2.52 bits per heavy atom. The van der Waals surface area contributed by atoms with E-state index in [2.05, 4.69) is 10.4 Å². The largest absolute Gasteiger partial charge is 0.324 e. The first-order chi connectivity index (χ1) is 11.9. The highest BCUT2D eigenvalue weighted by Crippen LogP contribution is 2.29. The average molecular weight is 398 g/mol. The van der Waals surface area contributed by atoms with Gasteiger partial charge in [-0.25, -0.2) is 5.84 Å². The lowest BCUT2D eigenvalue weighted by Gasteiger charge is -2.22. The van der Waals surface area contributed by atoms with Gasteiger partial charge in [-0.05, 0) is 30.7 Å². The van der Waals surface area contributed by atoms with E-state index in [0.29, 0.717) is 21.4 Å². The van der Waals surface area contributed by atoms with E-state index in [0.717, 1.165) is 17.3 Å². The number of hydrazine groups is 1. The molecule has 0 aliphatic rings. The number of nitrogens with zero attached hydrogens (tertiary/aromatic N) is 2. The van der Waals surface area contributed by atoms with Gasteiger partial charge in [-0.1, -0.05) is 59.2 Å². The highest BCUT2D eigenvalue weighted by molar-refractivity contribution is 8.14. The Hall–Kier alpha value is -1.93. The van der Waals surface area contributed by atoms with Crippen LogP contribution in [0.3, 0.4) is 0 Å². The zero-order valence-corrected chi connectivity index (χ0v) is 15.7. The number of carbonyl (C=O) groups is 1. The van der Waals surface area contributed by atoms with Crippen LogP contribution in [0.15, 0.2) is 47.6 Å². The standard InChI is InChI=1S/C16H17Cl2N5OS/c1-10-5-4-7-12(18)15(10)23(20)16(22-19)25-9-14(24)21-13-8-3-2-6-11(13)17/h2-8H,9,19-20H2,1H3,(H,21,24)/b22-16+. The highest BCUT2D eigenvalue weighted by atomic mass is 35.5. The second-order valence-corrected chi connectivity index (χ2v) is 6.76. The van der Waals surface area contributed by atoms with E-state index < -0.39 is 0 Å². The summed E-state index contributed by atoms with van der Waals surface area (Å²) in [5, 5.41) is 8.82. The molecule has 6 nitrogen and oxygen atoms in total. The number of nitrogens with one attached hydrogen (secondary N) is 1. The minimum absolute atomic E-state index is 0.0540. The SMILES string of the molecule is Cc1cccc(Cl)c1N(N)/C(=N\N)SCC(=O)Nc1ccccc1Cl. The van der Waals surface area contributed by atoms with Gasteiger partial charge in [-0.2, -0.15) is 5.10 Å². The zero-order chi connectivity index (χ0) is 18.4. The van der Waals surface area contributed by atoms with Gasteiger partial charge in [0.1, 0.15) is 0 Å². The van der Waals surface area contributed by atoms with Crippen LogP contribution < -0.4 is 22.0 Å². The maximum atomic E-state index is 12.1. The fraction of sp³-hybridized carbons (Fsp3) is 0.125. The van der Waals surface area contributed by atoms with Gasteiger partial charge in [0.2, 0.25) is 11.1 Å². The predicted octanol–water partition coefficient (Wildman–Crippen LogP) is 3.58. The molecule has 0 atom stereocenters. The van der Waals surface area contributed by atoms with Crippen LogP contribution in [0.4, 0.5) is 11.4 Å². The molecule has 0 aliphatic heterocycles. The summed E-state index contributed by atoms with van der Waals surface area (Å²) in [5.41, 5.74) is 1.97. The molecule has 0 heterocycles. The third kappa shape index (κ3) is 5.02. The van der Waals surface area contributed by atoms with Crippen molar-refractivity contribution in [2.24, 2.45) is 16.8 Å². The lowest BCUT2D eigenvalue weighted by molar-refractivity contribution is -0.113. The number of hydrogen-bond donors (Lipinski definition) is 3. The summed E-state index contributed by atoms with van der Waals surface area (Å²) >= 11 is 13.3. The first-order valence-corrected chi connectivity index (χ1v) is 8.93. The number of para-hydroxylation sites is 2. The zero-order valence-electron chi connectivity index (χ0n) is 13.4. The Bertz CT molecular complexity index is 780. The number of hydrogen-bond acceptors (Lipinski definition) is 5. The molecule has 0 unspecified atom stereocenters. The molecular weight excluding hydrogens is 381 g/mol. The van der Waals surface area contributed by atoms with E-state index in [4.69, 9.17) is 34.9 Å². The second-order valence-electron chi connectivity index (χ2n) is 5.00. The van der Waals surface area contributed by atoms with E-state index >= 15 is 0 Å². The van der Waals surface area contributed by atoms with Crippen LogP contribution in [0.5, 0.6) is 0 Å². The van der Waals surface area contributed by atoms with Crippen LogP contribution in [0.1, 0.15) is 5.56 Å². The number of halogens is 2. The van der Waals surface area contributed by atoms with Crippen molar-refractivity contribution in [1.82, 2.24) is 0 Å². The van der Waals surface area contributed by atoms with Crippen LogP contribution >= 0.6 is 35.0 Å². The van der Waals surface area contributed by atoms with Gasteiger partial charge in [0.15, 0.2) is 0 Å². The van der Waals surface area contributed by atoms with Gasteiger partial charge < -0.3 is 11.2 Å². The predicted molar refractivity (Wildman–Crippen MR) is 107 cm³/mol. The van der Waals surface area contributed by atoms with E-state index in [-0.39, 0.29) is 16.8 Å². The second kappa shape index (κ2) is 8.96. The monoisotopic (exact) mass is 397 g/mol. The van der Waals surface area contributed by atoms with Crippen LogP contribution in [0.25, 0.3) is 0 Å². The Morgan fingerprint density at radius 2 is 1.88 bits per heavy atom. The van der Waals surface area contributed by atoms with Crippen molar-refractivity contribution in [3.8, 4) is 0 Å². The van der Waals surface area contributed by atoms with Crippen LogP contribution in [-0.2, 0) is 4.79 Å². The molecule has 25 heavy (non-hydrogen) atoms. The molecule has 2 rings (SSSR count). The molecule has 0 saturated carbocycles.